The molecule has 2 aromatic carbocycles. The molecular formula is C23H29NO3. The molecule has 4 unspecified atom stereocenters. The van der Waals surface area contributed by atoms with Crippen LogP contribution < -0.4 is 9.47 Å². The molecule has 0 amide bonds. The van der Waals surface area contributed by atoms with Crippen molar-refractivity contribution in [2.24, 2.45) is 11.8 Å². The summed E-state index contributed by atoms with van der Waals surface area (Å²) < 4.78 is 10.6. The summed E-state index contributed by atoms with van der Waals surface area (Å²) in [4.78, 5) is 2.48. The molecule has 1 aliphatic heterocycles. The van der Waals surface area contributed by atoms with Gasteiger partial charge in [-0.1, -0.05) is 30.7 Å². The third-order valence-corrected chi connectivity index (χ3v) is 6.56. The van der Waals surface area contributed by atoms with Crippen LogP contribution in [0.2, 0.25) is 0 Å². The highest BCUT2D eigenvalue weighted by molar-refractivity contribution is 5.34. The fourth-order valence-corrected chi connectivity index (χ4v) is 5.28. The third-order valence-electron chi connectivity index (χ3n) is 6.56. The Morgan fingerprint density at radius 2 is 1.19 bits per heavy atom. The van der Waals surface area contributed by atoms with Crippen LogP contribution in [0.4, 0.5) is 0 Å². The van der Waals surface area contributed by atoms with Crippen LogP contribution in [-0.2, 0) is 0 Å². The number of methoxy groups -OCH3 is 2. The van der Waals surface area contributed by atoms with Crippen LogP contribution >= 0.6 is 0 Å². The molecular weight excluding hydrogens is 338 g/mol. The Labute approximate surface area is 161 Å². The molecule has 4 rings (SSSR count). The van der Waals surface area contributed by atoms with Gasteiger partial charge in [-0.25, -0.2) is 0 Å². The Morgan fingerprint density at radius 3 is 1.56 bits per heavy atom. The van der Waals surface area contributed by atoms with Gasteiger partial charge in [0.25, 0.3) is 0 Å². The zero-order chi connectivity index (χ0) is 19.0. The van der Waals surface area contributed by atoms with E-state index in [2.05, 4.69) is 36.2 Å². The zero-order valence-electron chi connectivity index (χ0n) is 16.3. The van der Waals surface area contributed by atoms with E-state index in [4.69, 9.17) is 9.47 Å². The van der Waals surface area contributed by atoms with Crippen LogP contribution in [0, 0.1) is 11.8 Å². The first kappa shape index (κ1) is 18.3. The van der Waals surface area contributed by atoms with Gasteiger partial charge in [-0.05, 0) is 55.3 Å². The van der Waals surface area contributed by atoms with Crippen LogP contribution in [0.3, 0.4) is 0 Å². The monoisotopic (exact) mass is 367 g/mol. The van der Waals surface area contributed by atoms with Crippen molar-refractivity contribution in [3.05, 3.63) is 59.7 Å². The SMILES string of the molecule is COc1ccc(C2C3CCCC(C3O)C(c3ccc(OC)cc3)N2C)cc1. The minimum absolute atomic E-state index is 0.203. The minimum Gasteiger partial charge on any atom is -0.497 e. The molecule has 0 spiro atoms. The van der Waals surface area contributed by atoms with E-state index < -0.39 is 0 Å². The number of hydrogen-bond acceptors (Lipinski definition) is 4. The number of likely N-dealkylation sites (tertiary alicyclic amines) is 1. The normalized spacial score (nSPS) is 30.7. The van der Waals surface area contributed by atoms with Crippen LogP contribution in [-0.4, -0.2) is 37.4 Å². The maximum atomic E-state index is 11.2. The van der Waals surface area contributed by atoms with Crippen LogP contribution in [0.25, 0.3) is 0 Å². The molecule has 0 radical (unpaired) electrons. The standard InChI is InChI=1S/C23H29NO3/c1-24-21(15-7-11-17(26-2)12-8-15)19-5-4-6-20(23(19)25)22(24)16-9-13-18(27-3)14-10-16/h7-14,19-23,25H,4-6H2,1-3H3. The lowest BCUT2D eigenvalue weighted by molar-refractivity contribution is -0.112. The van der Waals surface area contributed by atoms with Gasteiger partial charge in [-0.2, -0.15) is 0 Å². The van der Waals surface area contributed by atoms with Gasteiger partial charge in [0.1, 0.15) is 11.5 Å². The number of aliphatic hydroxyl groups is 1. The topological polar surface area (TPSA) is 41.9 Å². The van der Waals surface area contributed by atoms with Gasteiger partial charge in [0.2, 0.25) is 0 Å². The highest BCUT2D eigenvalue weighted by Crippen LogP contribution is 2.53. The number of fused-ring (bicyclic) bond motifs is 2. The lowest BCUT2D eigenvalue weighted by Crippen LogP contribution is -2.53. The molecule has 4 nitrogen and oxygen atoms in total. The van der Waals surface area contributed by atoms with Gasteiger partial charge < -0.3 is 14.6 Å². The Bertz CT molecular complexity index is 695. The molecule has 4 atom stereocenters. The lowest BCUT2D eigenvalue weighted by Gasteiger charge is -2.54. The number of piperidine rings is 1. The summed E-state index contributed by atoms with van der Waals surface area (Å²) in [6.07, 6.45) is 3.07. The summed E-state index contributed by atoms with van der Waals surface area (Å²) in [5.74, 6) is 2.28. The molecule has 4 heteroatoms. The van der Waals surface area contributed by atoms with Crippen LogP contribution in [0.5, 0.6) is 11.5 Å². The second-order valence-corrected chi connectivity index (χ2v) is 7.85. The van der Waals surface area contributed by atoms with Crippen molar-refractivity contribution in [2.45, 2.75) is 37.5 Å². The van der Waals surface area contributed by atoms with E-state index in [0.29, 0.717) is 0 Å². The lowest BCUT2D eigenvalue weighted by atomic mass is 9.65. The molecule has 2 bridgehead atoms. The first-order chi connectivity index (χ1) is 13.1. The number of nitrogens with zero attached hydrogens (tertiary/aromatic N) is 1. The molecule has 1 saturated heterocycles. The van der Waals surface area contributed by atoms with Crippen molar-refractivity contribution in [3.63, 3.8) is 0 Å². The summed E-state index contributed by atoms with van der Waals surface area (Å²) in [6.45, 7) is 0. The Morgan fingerprint density at radius 1 is 0.778 bits per heavy atom. The molecule has 1 heterocycles. The van der Waals surface area contributed by atoms with Crippen molar-refractivity contribution in [1.82, 2.24) is 4.90 Å². The molecule has 2 fully saturated rings. The van der Waals surface area contributed by atoms with E-state index in [-0.39, 0.29) is 30.0 Å². The van der Waals surface area contributed by atoms with E-state index in [1.54, 1.807) is 14.2 Å². The average Bonchev–Trinajstić information content (AvgIpc) is 2.70. The summed E-state index contributed by atoms with van der Waals surface area (Å²) in [5.41, 5.74) is 2.50. The Hall–Kier alpha value is -2.04. The second kappa shape index (κ2) is 7.53. The predicted molar refractivity (Wildman–Crippen MR) is 106 cm³/mol. The van der Waals surface area contributed by atoms with E-state index in [9.17, 15) is 5.11 Å². The number of hydrogen-bond donors (Lipinski definition) is 1. The number of benzene rings is 2. The molecule has 144 valence electrons. The maximum absolute atomic E-state index is 11.2. The maximum Gasteiger partial charge on any atom is 0.118 e. The zero-order valence-corrected chi connectivity index (χ0v) is 16.3. The fraction of sp³-hybridized carbons (Fsp3) is 0.478. The van der Waals surface area contributed by atoms with Crippen molar-refractivity contribution in [2.75, 3.05) is 21.3 Å². The summed E-state index contributed by atoms with van der Waals surface area (Å²) in [5, 5.41) is 11.2. The van der Waals surface area contributed by atoms with Crippen LogP contribution in [0.15, 0.2) is 48.5 Å². The second-order valence-electron chi connectivity index (χ2n) is 7.85. The summed E-state index contributed by atoms with van der Waals surface area (Å²) in [7, 11) is 5.59. The third kappa shape index (κ3) is 3.21. The molecule has 1 saturated carbocycles. The van der Waals surface area contributed by atoms with Gasteiger partial charge >= 0.3 is 0 Å². The summed E-state index contributed by atoms with van der Waals surface area (Å²) >= 11 is 0. The Kier molecular flexibility index (Phi) is 5.11. The van der Waals surface area contributed by atoms with Gasteiger partial charge in [0.05, 0.1) is 20.3 Å². The predicted octanol–water partition coefficient (Wildman–Crippen LogP) is 4.21. The highest BCUT2D eigenvalue weighted by Gasteiger charge is 2.49. The minimum atomic E-state index is -0.269. The first-order valence-electron chi connectivity index (χ1n) is 9.82. The Balaban J connectivity index is 1.72. The average molecular weight is 367 g/mol. The molecule has 0 aromatic heterocycles. The quantitative estimate of drug-likeness (QED) is 0.879. The number of aliphatic hydroxyl groups excluding tert-OH is 1. The van der Waals surface area contributed by atoms with E-state index >= 15 is 0 Å². The van der Waals surface area contributed by atoms with E-state index in [1.165, 1.54) is 17.5 Å². The van der Waals surface area contributed by atoms with Crippen molar-refractivity contribution >= 4 is 0 Å². The highest BCUT2D eigenvalue weighted by atomic mass is 16.5. The molecule has 2 aliphatic rings. The summed E-state index contributed by atoms with van der Waals surface area (Å²) in [6, 6.07) is 17.1. The van der Waals surface area contributed by atoms with Crippen LogP contribution in [0.1, 0.15) is 42.5 Å². The molecule has 1 aliphatic carbocycles. The van der Waals surface area contributed by atoms with Crippen molar-refractivity contribution in [3.8, 4) is 11.5 Å². The number of rotatable bonds is 4. The smallest absolute Gasteiger partial charge is 0.118 e. The van der Waals surface area contributed by atoms with E-state index in [1.807, 2.05) is 24.3 Å². The fourth-order valence-electron chi connectivity index (χ4n) is 5.28. The van der Waals surface area contributed by atoms with Gasteiger partial charge in [0.15, 0.2) is 0 Å². The van der Waals surface area contributed by atoms with Crippen molar-refractivity contribution in [1.29, 1.82) is 0 Å². The number of ether oxygens (including phenoxy) is 2. The van der Waals surface area contributed by atoms with Gasteiger partial charge in [-0.15, -0.1) is 0 Å². The van der Waals surface area contributed by atoms with Gasteiger partial charge in [-0.3, -0.25) is 4.90 Å². The largest absolute Gasteiger partial charge is 0.497 e. The first-order valence-corrected chi connectivity index (χ1v) is 9.82. The molecule has 2 aromatic rings. The molecule has 1 N–H and O–H groups in total. The molecule has 27 heavy (non-hydrogen) atoms. The van der Waals surface area contributed by atoms with Crippen molar-refractivity contribution < 1.29 is 14.6 Å². The van der Waals surface area contributed by atoms with E-state index in [0.717, 1.165) is 24.3 Å². The van der Waals surface area contributed by atoms with Gasteiger partial charge in [0, 0.05) is 23.9 Å².